The van der Waals surface area contributed by atoms with Crippen LogP contribution in [0.15, 0.2) is 24.3 Å². The standard InChI is InChI=1S/C13H16N2O/c1-5-10-7-6-8-11(9-10)15-12(16)13(2,3)14-4/h1,6-9,14H,2-4H3,(H,15,16). The molecule has 0 atom stereocenters. The lowest BCUT2D eigenvalue weighted by Gasteiger charge is -2.22. The molecule has 16 heavy (non-hydrogen) atoms. The lowest BCUT2D eigenvalue weighted by molar-refractivity contribution is -0.121. The normalized spacial score (nSPS) is 10.6. The van der Waals surface area contributed by atoms with Gasteiger partial charge in [-0.1, -0.05) is 12.0 Å². The molecule has 0 aliphatic rings. The first-order chi connectivity index (χ1) is 7.49. The van der Waals surface area contributed by atoms with E-state index in [-0.39, 0.29) is 5.91 Å². The highest BCUT2D eigenvalue weighted by Gasteiger charge is 2.24. The second-order valence-electron chi connectivity index (χ2n) is 4.05. The van der Waals surface area contributed by atoms with Crippen molar-refractivity contribution in [2.75, 3.05) is 12.4 Å². The molecule has 1 rings (SSSR count). The minimum atomic E-state index is -0.605. The summed E-state index contributed by atoms with van der Waals surface area (Å²) in [5, 5.41) is 5.75. The van der Waals surface area contributed by atoms with Crippen molar-refractivity contribution in [3.8, 4) is 12.3 Å². The first kappa shape index (κ1) is 12.3. The quantitative estimate of drug-likeness (QED) is 0.754. The number of carbonyl (C=O) groups is 1. The van der Waals surface area contributed by atoms with Crippen LogP contribution in [0.1, 0.15) is 19.4 Å². The van der Waals surface area contributed by atoms with E-state index in [1.807, 2.05) is 32.0 Å². The first-order valence-electron chi connectivity index (χ1n) is 5.06. The number of nitrogens with one attached hydrogen (secondary N) is 2. The van der Waals surface area contributed by atoms with E-state index in [1.165, 1.54) is 0 Å². The van der Waals surface area contributed by atoms with Gasteiger partial charge in [-0.05, 0) is 39.1 Å². The molecular formula is C13H16N2O. The molecule has 0 aromatic heterocycles. The maximum Gasteiger partial charge on any atom is 0.244 e. The fourth-order valence-electron chi connectivity index (χ4n) is 1.09. The Labute approximate surface area is 96.2 Å². The van der Waals surface area contributed by atoms with Gasteiger partial charge in [-0.25, -0.2) is 0 Å². The van der Waals surface area contributed by atoms with Crippen LogP contribution in [0.2, 0.25) is 0 Å². The summed E-state index contributed by atoms with van der Waals surface area (Å²) in [6.07, 6.45) is 5.29. The number of rotatable bonds is 3. The van der Waals surface area contributed by atoms with Crippen LogP contribution in [-0.4, -0.2) is 18.5 Å². The minimum Gasteiger partial charge on any atom is -0.324 e. The van der Waals surface area contributed by atoms with Crippen molar-refractivity contribution in [2.24, 2.45) is 0 Å². The molecule has 0 saturated heterocycles. The SMILES string of the molecule is C#Cc1cccc(NC(=O)C(C)(C)NC)c1. The highest BCUT2D eigenvalue weighted by atomic mass is 16.2. The van der Waals surface area contributed by atoms with Crippen LogP contribution in [0.25, 0.3) is 0 Å². The van der Waals surface area contributed by atoms with Gasteiger partial charge in [0, 0.05) is 11.3 Å². The Hall–Kier alpha value is -1.79. The third kappa shape index (κ3) is 2.85. The first-order valence-corrected chi connectivity index (χ1v) is 5.06. The fraction of sp³-hybridized carbons (Fsp3) is 0.308. The van der Waals surface area contributed by atoms with Crippen molar-refractivity contribution >= 4 is 11.6 Å². The summed E-state index contributed by atoms with van der Waals surface area (Å²) in [4.78, 5) is 11.8. The van der Waals surface area contributed by atoms with Gasteiger partial charge < -0.3 is 10.6 Å². The summed E-state index contributed by atoms with van der Waals surface area (Å²) in [7, 11) is 1.75. The van der Waals surface area contributed by atoms with Crippen LogP contribution in [-0.2, 0) is 4.79 Å². The predicted octanol–water partition coefficient (Wildman–Crippen LogP) is 1.60. The highest BCUT2D eigenvalue weighted by Crippen LogP contribution is 2.12. The zero-order valence-corrected chi connectivity index (χ0v) is 9.79. The molecule has 0 aliphatic carbocycles. The van der Waals surface area contributed by atoms with Crippen LogP contribution in [0.3, 0.4) is 0 Å². The maximum absolute atomic E-state index is 11.8. The van der Waals surface area contributed by atoms with Crippen molar-refractivity contribution < 1.29 is 4.79 Å². The second kappa shape index (κ2) is 4.82. The molecule has 0 radical (unpaired) electrons. The molecule has 0 spiro atoms. The van der Waals surface area contributed by atoms with Crippen LogP contribution >= 0.6 is 0 Å². The van der Waals surface area contributed by atoms with Gasteiger partial charge in [0.25, 0.3) is 0 Å². The van der Waals surface area contributed by atoms with Crippen molar-refractivity contribution in [2.45, 2.75) is 19.4 Å². The van der Waals surface area contributed by atoms with E-state index in [4.69, 9.17) is 6.42 Å². The molecule has 2 N–H and O–H groups in total. The monoisotopic (exact) mass is 216 g/mol. The summed E-state index contributed by atoms with van der Waals surface area (Å²) in [6.45, 7) is 3.63. The molecule has 0 bridgehead atoms. The molecule has 1 amide bonds. The number of terminal acetylenes is 1. The van der Waals surface area contributed by atoms with Crippen molar-refractivity contribution in [3.05, 3.63) is 29.8 Å². The van der Waals surface area contributed by atoms with Crippen LogP contribution in [0.4, 0.5) is 5.69 Å². The van der Waals surface area contributed by atoms with Gasteiger partial charge in [-0.3, -0.25) is 4.79 Å². The van der Waals surface area contributed by atoms with Crippen molar-refractivity contribution in [1.82, 2.24) is 5.32 Å². The molecule has 84 valence electrons. The molecule has 3 heteroatoms. The number of amides is 1. The van der Waals surface area contributed by atoms with E-state index in [2.05, 4.69) is 16.6 Å². The lowest BCUT2D eigenvalue weighted by Crippen LogP contribution is -2.47. The van der Waals surface area contributed by atoms with E-state index in [0.717, 1.165) is 5.56 Å². The van der Waals surface area contributed by atoms with E-state index in [9.17, 15) is 4.79 Å². The summed E-state index contributed by atoms with van der Waals surface area (Å²) in [5.41, 5.74) is 0.857. The minimum absolute atomic E-state index is 0.0934. The smallest absolute Gasteiger partial charge is 0.244 e. The second-order valence-corrected chi connectivity index (χ2v) is 4.05. The third-order valence-electron chi connectivity index (χ3n) is 2.48. The van der Waals surface area contributed by atoms with Gasteiger partial charge >= 0.3 is 0 Å². The Balaban J connectivity index is 2.82. The molecule has 1 aromatic rings. The Morgan fingerprint density at radius 3 is 2.69 bits per heavy atom. The Bertz CT molecular complexity index is 430. The Kier molecular flexibility index (Phi) is 3.70. The molecule has 3 nitrogen and oxygen atoms in total. The zero-order valence-electron chi connectivity index (χ0n) is 9.79. The molecule has 0 heterocycles. The van der Waals surface area contributed by atoms with Gasteiger partial charge in [0.1, 0.15) is 0 Å². The highest BCUT2D eigenvalue weighted by molar-refractivity contribution is 5.97. The lowest BCUT2D eigenvalue weighted by atomic mass is 10.0. The summed E-state index contributed by atoms with van der Waals surface area (Å²) < 4.78 is 0. The van der Waals surface area contributed by atoms with Crippen molar-refractivity contribution in [1.29, 1.82) is 0 Å². The number of anilines is 1. The molecule has 0 fully saturated rings. The van der Waals surface area contributed by atoms with E-state index in [1.54, 1.807) is 13.1 Å². The molecule has 0 unspecified atom stereocenters. The Morgan fingerprint density at radius 1 is 1.44 bits per heavy atom. The summed E-state index contributed by atoms with van der Waals surface area (Å²) in [6, 6.07) is 7.21. The summed E-state index contributed by atoms with van der Waals surface area (Å²) >= 11 is 0. The third-order valence-corrected chi connectivity index (χ3v) is 2.48. The number of carbonyl (C=O) groups excluding carboxylic acids is 1. The van der Waals surface area contributed by atoms with Crippen molar-refractivity contribution in [3.63, 3.8) is 0 Å². The van der Waals surface area contributed by atoms with Gasteiger partial charge in [-0.15, -0.1) is 6.42 Å². The van der Waals surface area contributed by atoms with Crippen LogP contribution in [0.5, 0.6) is 0 Å². The average Bonchev–Trinajstić information content (AvgIpc) is 2.29. The predicted molar refractivity (Wildman–Crippen MR) is 66.1 cm³/mol. The van der Waals surface area contributed by atoms with Gasteiger partial charge in [0.15, 0.2) is 0 Å². The van der Waals surface area contributed by atoms with E-state index in [0.29, 0.717) is 5.69 Å². The van der Waals surface area contributed by atoms with Crippen LogP contribution < -0.4 is 10.6 Å². The Morgan fingerprint density at radius 2 is 2.12 bits per heavy atom. The number of hydrogen-bond acceptors (Lipinski definition) is 2. The number of benzene rings is 1. The van der Waals surface area contributed by atoms with Gasteiger partial charge in [-0.2, -0.15) is 0 Å². The zero-order chi connectivity index (χ0) is 12.2. The van der Waals surface area contributed by atoms with E-state index < -0.39 is 5.54 Å². The van der Waals surface area contributed by atoms with Crippen LogP contribution in [0, 0.1) is 12.3 Å². The molecule has 0 saturated carbocycles. The largest absolute Gasteiger partial charge is 0.324 e. The van der Waals surface area contributed by atoms with Gasteiger partial charge in [0.05, 0.1) is 5.54 Å². The number of likely N-dealkylation sites (N-methyl/N-ethyl adjacent to an activating group) is 1. The van der Waals surface area contributed by atoms with E-state index >= 15 is 0 Å². The molecular weight excluding hydrogens is 200 g/mol. The number of hydrogen-bond donors (Lipinski definition) is 2. The molecule has 1 aromatic carbocycles. The maximum atomic E-state index is 11.8. The fourth-order valence-corrected chi connectivity index (χ4v) is 1.09. The average molecular weight is 216 g/mol. The molecule has 0 aliphatic heterocycles. The van der Waals surface area contributed by atoms with Gasteiger partial charge in [0.2, 0.25) is 5.91 Å². The summed E-state index contributed by atoms with van der Waals surface area (Å²) in [5.74, 6) is 2.43. The topological polar surface area (TPSA) is 41.1 Å².